The highest BCUT2D eigenvalue weighted by molar-refractivity contribution is 5.30. The van der Waals surface area contributed by atoms with Crippen LogP contribution >= 0.6 is 0 Å². The monoisotopic (exact) mass is 246 g/mol. The van der Waals surface area contributed by atoms with Crippen LogP contribution in [-0.2, 0) is 13.2 Å². The normalized spacial score (nSPS) is 10.5. The standard InChI is InChI=1S/C14H18N2O2/c1-2-6-15-9-12-10-16-7-5-14(12)18-11-13-4-3-8-17-13/h3-5,7-8,10,15H,2,6,9,11H2,1H3. The van der Waals surface area contributed by atoms with Gasteiger partial charge in [-0.05, 0) is 31.2 Å². The van der Waals surface area contributed by atoms with Gasteiger partial charge in [-0.15, -0.1) is 0 Å². The van der Waals surface area contributed by atoms with Crippen LogP contribution in [0, 0.1) is 0 Å². The van der Waals surface area contributed by atoms with Gasteiger partial charge < -0.3 is 14.5 Å². The summed E-state index contributed by atoms with van der Waals surface area (Å²) in [5.74, 6) is 1.67. The first-order chi connectivity index (χ1) is 8.90. The third-order valence-electron chi connectivity index (χ3n) is 2.55. The molecule has 18 heavy (non-hydrogen) atoms. The van der Waals surface area contributed by atoms with Crippen LogP contribution in [0.25, 0.3) is 0 Å². The molecule has 96 valence electrons. The third kappa shape index (κ3) is 3.60. The van der Waals surface area contributed by atoms with Gasteiger partial charge in [-0.25, -0.2) is 0 Å². The molecule has 0 amide bonds. The third-order valence-corrected chi connectivity index (χ3v) is 2.55. The van der Waals surface area contributed by atoms with Crippen LogP contribution in [0.4, 0.5) is 0 Å². The molecule has 0 aliphatic heterocycles. The van der Waals surface area contributed by atoms with E-state index in [4.69, 9.17) is 9.15 Å². The Kier molecular flexibility index (Phi) is 4.78. The van der Waals surface area contributed by atoms with Crippen LogP contribution in [0.5, 0.6) is 5.75 Å². The molecular formula is C14H18N2O2. The van der Waals surface area contributed by atoms with Crippen molar-refractivity contribution in [2.45, 2.75) is 26.5 Å². The van der Waals surface area contributed by atoms with Gasteiger partial charge in [0.1, 0.15) is 18.1 Å². The summed E-state index contributed by atoms with van der Waals surface area (Å²) in [5.41, 5.74) is 1.07. The lowest BCUT2D eigenvalue weighted by molar-refractivity contribution is 0.267. The van der Waals surface area contributed by atoms with E-state index in [2.05, 4.69) is 17.2 Å². The van der Waals surface area contributed by atoms with E-state index >= 15 is 0 Å². The van der Waals surface area contributed by atoms with E-state index < -0.39 is 0 Å². The van der Waals surface area contributed by atoms with E-state index in [-0.39, 0.29) is 0 Å². The van der Waals surface area contributed by atoms with Crippen LogP contribution in [0.2, 0.25) is 0 Å². The number of nitrogens with zero attached hydrogens (tertiary/aromatic N) is 1. The van der Waals surface area contributed by atoms with Crippen LogP contribution in [0.1, 0.15) is 24.7 Å². The molecule has 0 atom stereocenters. The average Bonchev–Trinajstić information content (AvgIpc) is 2.91. The van der Waals surface area contributed by atoms with Gasteiger partial charge in [-0.1, -0.05) is 6.92 Å². The second-order valence-corrected chi connectivity index (χ2v) is 4.03. The van der Waals surface area contributed by atoms with Gasteiger partial charge in [0.15, 0.2) is 0 Å². The fraction of sp³-hybridized carbons (Fsp3) is 0.357. The Labute approximate surface area is 107 Å². The molecule has 2 heterocycles. The average molecular weight is 246 g/mol. The number of aromatic nitrogens is 1. The minimum atomic E-state index is 0.442. The fourth-order valence-corrected chi connectivity index (χ4v) is 1.63. The molecule has 0 radical (unpaired) electrons. The molecule has 0 saturated carbocycles. The molecule has 0 aliphatic rings. The number of hydrogen-bond acceptors (Lipinski definition) is 4. The Morgan fingerprint density at radius 3 is 3.11 bits per heavy atom. The zero-order chi connectivity index (χ0) is 12.6. The molecule has 2 aromatic heterocycles. The molecule has 1 N–H and O–H groups in total. The topological polar surface area (TPSA) is 47.3 Å². The molecule has 0 aliphatic carbocycles. The molecule has 0 unspecified atom stereocenters. The number of hydrogen-bond donors (Lipinski definition) is 1. The highest BCUT2D eigenvalue weighted by Crippen LogP contribution is 2.18. The first-order valence-corrected chi connectivity index (χ1v) is 6.19. The van der Waals surface area contributed by atoms with Gasteiger partial charge in [0, 0.05) is 24.5 Å². The Morgan fingerprint density at radius 1 is 1.39 bits per heavy atom. The van der Waals surface area contributed by atoms with Crippen LogP contribution in [0.3, 0.4) is 0 Å². The van der Waals surface area contributed by atoms with Gasteiger partial charge in [0.2, 0.25) is 0 Å². The molecular weight excluding hydrogens is 228 g/mol. The first kappa shape index (κ1) is 12.6. The maximum atomic E-state index is 5.74. The second-order valence-electron chi connectivity index (χ2n) is 4.03. The smallest absolute Gasteiger partial charge is 0.146 e. The lowest BCUT2D eigenvalue weighted by atomic mass is 10.2. The van der Waals surface area contributed by atoms with Gasteiger partial charge in [0.25, 0.3) is 0 Å². The molecule has 2 aromatic rings. The number of nitrogens with one attached hydrogen (secondary N) is 1. The summed E-state index contributed by atoms with van der Waals surface area (Å²) < 4.78 is 11.0. The fourth-order valence-electron chi connectivity index (χ4n) is 1.63. The molecule has 0 spiro atoms. The number of rotatable bonds is 7. The number of pyridine rings is 1. The van der Waals surface area contributed by atoms with Crippen molar-refractivity contribution < 1.29 is 9.15 Å². The summed E-state index contributed by atoms with van der Waals surface area (Å²) in [5, 5.41) is 3.34. The summed E-state index contributed by atoms with van der Waals surface area (Å²) in [6, 6.07) is 5.64. The van der Waals surface area contributed by atoms with Gasteiger partial charge in [-0.2, -0.15) is 0 Å². The number of ether oxygens (including phenoxy) is 1. The second kappa shape index (κ2) is 6.81. The molecule has 4 nitrogen and oxygen atoms in total. The van der Waals surface area contributed by atoms with Crippen molar-refractivity contribution in [2.24, 2.45) is 0 Å². The van der Waals surface area contributed by atoms with Gasteiger partial charge in [-0.3, -0.25) is 4.98 Å². The predicted octanol–water partition coefficient (Wildman–Crippen LogP) is 2.75. The summed E-state index contributed by atoms with van der Waals surface area (Å²) in [4.78, 5) is 4.13. The Morgan fingerprint density at radius 2 is 2.33 bits per heavy atom. The molecule has 0 bridgehead atoms. The van der Waals surface area contributed by atoms with E-state index in [0.29, 0.717) is 6.61 Å². The molecule has 4 heteroatoms. The molecule has 0 fully saturated rings. The van der Waals surface area contributed by atoms with E-state index in [9.17, 15) is 0 Å². The lowest BCUT2D eigenvalue weighted by Crippen LogP contribution is -2.14. The van der Waals surface area contributed by atoms with Crippen molar-refractivity contribution in [1.82, 2.24) is 10.3 Å². The minimum absolute atomic E-state index is 0.442. The van der Waals surface area contributed by atoms with Gasteiger partial charge >= 0.3 is 0 Å². The van der Waals surface area contributed by atoms with Crippen molar-refractivity contribution in [3.63, 3.8) is 0 Å². The van der Waals surface area contributed by atoms with Gasteiger partial charge in [0.05, 0.1) is 6.26 Å². The summed E-state index contributed by atoms with van der Waals surface area (Å²) in [7, 11) is 0. The maximum Gasteiger partial charge on any atom is 0.146 e. The van der Waals surface area contributed by atoms with E-state index in [0.717, 1.165) is 36.6 Å². The molecule has 0 aromatic carbocycles. The van der Waals surface area contributed by atoms with Crippen molar-refractivity contribution in [3.8, 4) is 5.75 Å². The Bertz CT molecular complexity index is 455. The Hall–Kier alpha value is -1.81. The van der Waals surface area contributed by atoms with Crippen molar-refractivity contribution >= 4 is 0 Å². The summed E-state index contributed by atoms with van der Waals surface area (Å²) in [6.45, 7) is 4.35. The number of furan rings is 1. The van der Waals surface area contributed by atoms with E-state index in [1.54, 1.807) is 12.5 Å². The van der Waals surface area contributed by atoms with Crippen LogP contribution in [0.15, 0.2) is 41.3 Å². The predicted molar refractivity (Wildman–Crippen MR) is 69.3 cm³/mol. The van der Waals surface area contributed by atoms with Crippen LogP contribution < -0.4 is 10.1 Å². The van der Waals surface area contributed by atoms with E-state index in [1.807, 2.05) is 24.4 Å². The first-order valence-electron chi connectivity index (χ1n) is 6.19. The highest BCUT2D eigenvalue weighted by atomic mass is 16.5. The molecule has 2 rings (SSSR count). The van der Waals surface area contributed by atoms with Crippen molar-refractivity contribution in [3.05, 3.63) is 48.2 Å². The largest absolute Gasteiger partial charge is 0.485 e. The lowest BCUT2D eigenvalue weighted by Gasteiger charge is -2.10. The summed E-state index contributed by atoms with van der Waals surface area (Å²) >= 11 is 0. The Balaban J connectivity index is 1.94. The zero-order valence-corrected chi connectivity index (χ0v) is 10.6. The quantitative estimate of drug-likeness (QED) is 0.763. The molecule has 0 saturated heterocycles. The van der Waals surface area contributed by atoms with Crippen molar-refractivity contribution in [1.29, 1.82) is 0 Å². The summed E-state index contributed by atoms with van der Waals surface area (Å²) in [6.07, 6.45) is 6.33. The minimum Gasteiger partial charge on any atom is -0.485 e. The van der Waals surface area contributed by atoms with E-state index in [1.165, 1.54) is 0 Å². The SMILES string of the molecule is CCCNCc1cnccc1OCc1ccco1. The van der Waals surface area contributed by atoms with Crippen molar-refractivity contribution in [2.75, 3.05) is 6.54 Å². The zero-order valence-electron chi connectivity index (χ0n) is 10.6. The van der Waals surface area contributed by atoms with Crippen LogP contribution in [-0.4, -0.2) is 11.5 Å². The maximum absolute atomic E-state index is 5.74. The highest BCUT2D eigenvalue weighted by Gasteiger charge is 2.04.